The predicted molar refractivity (Wildman–Crippen MR) is 101 cm³/mol. The molecule has 6 heteroatoms. The van der Waals surface area contributed by atoms with Crippen molar-refractivity contribution >= 4 is 33.5 Å². The van der Waals surface area contributed by atoms with Gasteiger partial charge in [0.15, 0.2) is 6.54 Å². The van der Waals surface area contributed by atoms with E-state index in [0.29, 0.717) is 24.4 Å². The van der Waals surface area contributed by atoms with Crippen LogP contribution in [0.3, 0.4) is 0 Å². The molecule has 0 aromatic heterocycles. The van der Waals surface area contributed by atoms with Crippen molar-refractivity contribution in [2.24, 2.45) is 0 Å². The zero-order chi connectivity index (χ0) is 18.2. The van der Waals surface area contributed by atoms with E-state index < -0.39 is 5.97 Å². The Balaban J connectivity index is 1.95. The molecule has 25 heavy (non-hydrogen) atoms. The summed E-state index contributed by atoms with van der Waals surface area (Å²) in [7, 11) is 1.96. The average molecular weight is 406 g/mol. The van der Waals surface area contributed by atoms with Crippen LogP contribution in [-0.2, 0) is 16.1 Å². The van der Waals surface area contributed by atoms with Gasteiger partial charge in [0.05, 0.1) is 24.9 Å². The second kappa shape index (κ2) is 9.34. The summed E-state index contributed by atoms with van der Waals surface area (Å²) in [6.07, 6.45) is 0. The number of carbonyl (C=O) groups is 2. The lowest BCUT2D eigenvalue weighted by atomic mass is 10.1. The molecule has 0 heterocycles. The molecule has 0 fully saturated rings. The molecule has 0 saturated heterocycles. The Hall–Kier alpha value is -2.18. The molecule has 1 amide bonds. The van der Waals surface area contributed by atoms with E-state index in [1.807, 2.05) is 31.3 Å². The summed E-state index contributed by atoms with van der Waals surface area (Å²) in [4.78, 5) is 25.3. The molecule has 2 aromatic carbocycles. The van der Waals surface area contributed by atoms with E-state index in [1.165, 1.54) is 0 Å². The topological polar surface area (TPSA) is 59.8 Å². The molecule has 1 unspecified atom stereocenters. The summed E-state index contributed by atoms with van der Waals surface area (Å²) in [5.41, 5.74) is 1.99. The number of rotatable bonds is 7. The average Bonchev–Trinajstić information content (AvgIpc) is 2.57. The predicted octanol–water partition coefficient (Wildman–Crippen LogP) is 2.28. The highest BCUT2D eigenvalue weighted by Crippen LogP contribution is 2.16. The third-order valence-electron chi connectivity index (χ3n) is 3.58. The van der Waals surface area contributed by atoms with Crippen LogP contribution in [-0.4, -0.2) is 32.1 Å². The quantitative estimate of drug-likeness (QED) is 0.694. The molecule has 0 spiro atoms. The Morgan fingerprint density at radius 2 is 1.80 bits per heavy atom. The highest BCUT2D eigenvalue weighted by molar-refractivity contribution is 9.10. The van der Waals surface area contributed by atoms with E-state index in [1.54, 1.807) is 31.2 Å². The molecule has 0 aliphatic carbocycles. The van der Waals surface area contributed by atoms with Gasteiger partial charge >= 0.3 is 5.97 Å². The monoisotopic (exact) mass is 405 g/mol. The second-order valence-corrected chi connectivity index (χ2v) is 6.67. The first-order chi connectivity index (χ1) is 12.0. The van der Waals surface area contributed by atoms with Crippen molar-refractivity contribution in [3.8, 4) is 0 Å². The highest BCUT2D eigenvalue weighted by atomic mass is 79.9. The minimum atomic E-state index is -0.436. The summed E-state index contributed by atoms with van der Waals surface area (Å²) in [5, 5.41) is 2.81. The second-order valence-electron chi connectivity index (χ2n) is 5.75. The molecule has 132 valence electrons. The lowest BCUT2D eigenvalue weighted by Crippen LogP contribution is -3.08. The van der Waals surface area contributed by atoms with E-state index in [9.17, 15) is 9.59 Å². The SMILES string of the molecule is CCOC(=O)c1ccccc1NC(=O)C[NH+](C)Cc1ccc(Br)cc1. The Bertz CT molecular complexity index is 732. The lowest BCUT2D eigenvalue weighted by Gasteiger charge is -2.15. The molecule has 5 nitrogen and oxygen atoms in total. The van der Waals surface area contributed by atoms with Crippen LogP contribution >= 0.6 is 15.9 Å². The zero-order valence-electron chi connectivity index (χ0n) is 14.3. The Kier molecular flexibility index (Phi) is 7.16. The number of carbonyl (C=O) groups excluding carboxylic acids is 2. The molecular formula is C19H22BrN2O3+. The lowest BCUT2D eigenvalue weighted by molar-refractivity contribution is -0.885. The summed E-state index contributed by atoms with van der Waals surface area (Å²) in [6.45, 7) is 3.08. The number of hydrogen-bond donors (Lipinski definition) is 2. The van der Waals surface area contributed by atoms with Gasteiger partial charge in [0.1, 0.15) is 6.54 Å². The molecular weight excluding hydrogens is 384 g/mol. The van der Waals surface area contributed by atoms with Crippen molar-refractivity contribution in [3.05, 3.63) is 64.1 Å². The third kappa shape index (κ3) is 5.99. The number of anilines is 1. The van der Waals surface area contributed by atoms with Crippen LogP contribution in [0.25, 0.3) is 0 Å². The van der Waals surface area contributed by atoms with Gasteiger partial charge in [-0.15, -0.1) is 0 Å². The van der Waals surface area contributed by atoms with Gasteiger partial charge in [-0.3, -0.25) is 4.79 Å². The number of esters is 1. The molecule has 2 aromatic rings. The summed E-state index contributed by atoms with van der Waals surface area (Å²) < 4.78 is 6.05. The number of nitrogens with one attached hydrogen (secondary N) is 2. The maximum absolute atomic E-state index is 12.3. The Morgan fingerprint density at radius 3 is 2.48 bits per heavy atom. The van der Waals surface area contributed by atoms with Crippen LogP contribution in [0.1, 0.15) is 22.8 Å². The Labute approximate surface area is 156 Å². The van der Waals surface area contributed by atoms with Gasteiger partial charge < -0.3 is 15.0 Å². The van der Waals surface area contributed by atoms with Gasteiger partial charge in [0, 0.05) is 10.0 Å². The van der Waals surface area contributed by atoms with E-state index in [2.05, 4.69) is 21.2 Å². The number of halogens is 1. The van der Waals surface area contributed by atoms with Crippen LogP contribution in [0.4, 0.5) is 5.69 Å². The Morgan fingerprint density at radius 1 is 1.12 bits per heavy atom. The van der Waals surface area contributed by atoms with Crippen molar-refractivity contribution in [3.63, 3.8) is 0 Å². The van der Waals surface area contributed by atoms with Gasteiger partial charge in [-0.2, -0.15) is 0 Å². The molecule has 2 N–H and O–H groups in total. The molecule has 1 atom stereocenters. The number of quaternary nitrogens is 1. The number of benzene rings is 2. The van der Waals surface area contributed by atoms with Crippen LogP contribution in [0.5, 0.6) is 0 Å². The standard InChI is InChI=1S/C19H21BrN2O3/c1-3-25-19(24)16-6-4-5-7-17(16)21-18(23)13-22(2)12-14-8-10-15(20)11-9-14/h4-11H,3,12-13H2,1-2H3,(H,21,23)/p+1. The number of hydrogen-bond acceptors (Lipinski definition) is 3. The summed E-state index contributed by atoms with van der Waals surface area (Å²) in [6, 6.07) is 14.9. The van der Waals surface area contributed by atoms with Crippen LogP contribution < -0.4 is 10.2 Å². The minimum Gasteiger partial charge on any atom is -0.462 e. The van der Waals surface area contributed by atoms with E-state index in [4.69, 9.17) is 4.74 Å². The van der Waals surface area contributed by atoms with Crippen molar-refractivity contribution in [1.29, 1.82) is 0 Å². The first-order valence-electron chi connectivity index (χ1n) is 8.11. The third-order valence-corrected chi connectivity index (χ3v) is 4.11. The molecule has 0 aliphatic heterocycles. The van der Waals surface area contributed by atoms with Gasteiger partial charge in [-0.1, -0.05) is 40.2 Å². The van der Waals surface area contributed by atoms with E-state index in [0.717, 1.165) is 21.5 Å². The van der Waals surface area contributed by atoms with Crippen LogP contribution in [0, 0.1) is 0 Å². The largest absolute Gasteiger partial charge is 0.462 e. The zero-order valence-corrected chi connectivity index (χ0v) is 15.9. The maximum Gasteiger partial charge on any atom is 0.340 e. The fraction of sp³-hybridized carbons (Fsp3) is 0.263. The molecule has 0 bridgehead atoms. The number of amides is 1. The molecule has 0 saturated carbocycles. The highest BCUT2D eigenvalue weighted by Gasteiger charge is 2.16. The minimum absolute atomic E-state index is 0.147. The van der Waals surface area contributed by atoms with Gasteiger partial charge in [0.25, 0.3) is 5.91 Å². The molecule has 0 aliphatic rings. The van der Waals surface area contributed by atoms with Crippen LogP contribution in [0.15, 0.2) is 53.0 Å². The smallest absolute Gasteiger partial charge is 0.340 e. The van der Waals surface area contributed by atoms with Gasteiger partial charge in [0.2, 0.25) is 0 Å². The first kappa shape index (κ1) is 19.1. The fourth-order valence-electron chi connectivity index (χ4n) is 2.46. The number of para-hydroxylation sites is 1. The maximum atomic E-state index is 12.3. The summed E-state index contributed by atoms with van der Waals surface area (Å²) in [5.74, 6) is -0.583. The number of likely N-dealkylation sites (N-methyl/N-ethyl adjacent to an activating group) is 1. The van der Waals surface area contributed by atoms with Crippen molar-refractivity contribution in [2.75, 3.05) is 25.5 Å². The molecule has 0 radical (unpaired) electrons. The first-order valence-corrected chi connectivity index (χ1v) is 8.90. The van der Waals surface area contributed by atoms with Gasteiger partial charge in [-0.05, 0) is 31.2 Å². The van der Waals surface area contributed by atoms with E-state index in [-0.39, 0.29) is 5.91 Å². The normalized spacial score (nSPS) is 11.6. The van der Waals surface area contributed by atoms with Crippen molar-refractivity contribution < 1.29 is 19.2 Å². The van der Waals surface area contributed by atoms with Crippen molar-refractivity contribution in [1.82, 2.24) is 0 Å². The fourth-order valence-corrected chi connectivity index (χ4v) is 2.73. The van der Waals surface area contributed by atoms with E-state index >= 15 is 0 Å². The number of ether oxygens (including phenoxy) is 1. The summed E-state index contributed by atoms with van der Waals surface area (Å²) >= 11 is 3.41. The molecule has 2 rings (SSSR count). The van der Waals surface area contributed by atoms with Crippen molar-refractivity contribution in [2.45, 2.75) is 13.5 Å². The van der Waals surface area contributed by atoms with Gasteiger partial charge in [-0.25, -0.2) is 4.79 Å². The van der Waals surface area contributed by atoms with Crippen LogP contribution in [0.2, 0.25) is 0 Å².